The molecular weight excluding hydrogens is 408 g/mol. The van der Waals surface area contributed by atoms with Crippen molar-refractivity contribution in [1.29, 1.82) is 0 Å². The van der Waals surface area contributed by atoms with Crippen molar-refractivity contribution < 1.29 is 28.6 Å². The molecule has 9 heteroatoms. The number of esters is 1. The van der Waals surface area contributed by atoms with E-state index in [0.717, 1.165) is 17.8 Å². The number of para-hydroxylation sites is 2. The summed E-state index contributed by atoms with van der Waals surface area (Å²) in [4.78, 5) is 38.3. The summed E-state index contributed by atoms with van der Waals surface area (Å²) >= 11 is 1.03. The van der Waals surface area contributed by atoms with Crippen molar-refractivity contribution in [3.05, 3.63) is 40.3 Å². The Kier molecular flexibility index (Phi) is 7.07. The van der Waals surface area contributed by atoms with Crippen molar-refractivity contribution >= 4 is 39.8 Å². The summed E-state index contributed by atoms with van der Waals surface area (Å²) in [5.41, 5.74) is 1.12. The molecule has 0 radical (unpaired) electrons. The molecule has 2 N–H and O–H groups in total. The molecule has 3 rings (SSSR count). The summed E-state index contributed by atoms with van der Waals surface area (Å²) in [6.07, 6.45) is 0.860. The molecule has 1 unspecified atom stereocenters. The van der Waals surface area contributed by atoms with Crippen molar-refractivity contribution in [3.8, 4) is 5.75 Å². The average molecular weight is 432 g/mol. The normalized spacial score (nSPS) is 15.5. The molecule has 1 aliphatic heterocycles. The molecule has 160 valence electrons. The van der Waals surface area contributed by atoms with E-state index in [0.29, 0.717) is 34.9 Å². The van der Waals surface area contributed by atoms with Gasteiger partial charge in [0.1, 0.15) is 16.9 Å². The largest absolute Gasteiger partial charge is 0.495 e. The molecule has 1 saturated heterocycles. The second kappa shape index (κ2) is 9.73. The highest BCUT2D eigenvalue weighted by molar-refractivity contribution is 7.19. The Bertz CT molecular complexity index is 949. The van der Waals surface area contributed by atoms with Gasteiger partial charge in [-0.15, -0.1) is 11.3 Å². The van der Waals surface area contributed by atoms with Crippen LogP contribution in [0.25, 0.3) is 0 Å². The third-order valence-corrected chi connectivity index (χ3v) is 5.85. The van der Waals surface area contributed by atoms with Crippen molar-refractivity contribution in [2.75, 3.05) is 31.0 Å². The molecule has 2 heterocycles. The number of benzene rings is 1. The molecule has 1 atom stereocenters. The lowest BCUT2D eigenvalue weighted by Gasteiger charge is -2.10. The first-order valence-electron chi connectivity index (χ1n) is 9.63. The second-order valence-corrected chi connectivity index (χ2v) is 7.65. The van der Waals surface area contributed by atoms with E-state index in [9.17, 15) is 14.4 Å². The average Bonchev–Trinajstić information content (AvgIpc) is 3.37. The van der Waals surface area contributed by atoms with Crippen molar-refractivity contribution in [1.82, 2.24) is 0 Å². The van der Waals surface area contributed by atoms with Crippen molar-refractivity contribution in [2.24, 2.45) is 0 Å². The molecule has 2 amide bonds. The minimum atomic E-state index is -0.592. The monoisotopic (exact) mass is 432 g/mol. The number of carbonyl (C=O) groups excluding carboxylic acids is 3. The Balaban J connectivity index is 1.91. The Morgan fingerprint density at radius 1 is 1.23 bits per heavy atom. The Morgan fingerprint density at radius 3 is 2.67 bits per heavy atom. The van der Waals surface area contributed by atoms with E-state index in [-0.39, 0.29) is 23.1 Å². The van der Waals surface area contributed by atoms with Crippen LogP contribution in [0.5, 0.6) is 5.75 Å². The van der Waals surface area contributed by atoms with Gasteiger partial charge in [-0.05, 0) is 44.4 Å². The minimum Gasteiger partial charge on any atom is -0.495 e. The summed E-state index contributed by atoms with van der Waals surface area (Å²) < 4.78 is 15.8. The van der Waals surface area contributed by atoms with E-state index < -0.39 is 18.0 Å². The van der Waals surface area contributed by atoms with Crippen LogP contribution in [0.3, 0.4) is 0 Å². The molecule has 2 aromatic rings. The van der Waals surface area contributed by atoms with Gasteiger partial charge in [0, 0.05) is 6.61 Å². The zero-order valence-corrected chi connectivity index (χ0v) is 17.9. The maximum Gasteiger partial charge on any atom is 0.341 e. The number of carbonyl (C=O) groups is 3. The number of hydrogen-bond donors (Lipinski definition) is 2. The topological polar surface area (TPSA) is 103 Å². The first kappa shape index (κ1) is 21.8. The van der Waals surface area contributed by atoms with Crippen LogP contribution in [0, 0.1) is 6.92 Å². The fourth-order valence-corrected chi connectivity index (χ4v) is 4.26. The highest BCUT2D eigenvalue weighted by Crippen LogP contribution is 2.35. The zero-order chi connectivity index (χ0) is 21.7. The molecule has 0 saturated carbocycles. The van der Waals surface area contributed by atoms with E-state index in [4.69, 9.17) is 14.2 Å². The highest BCUT2D eigenvalue weighted by atomic mass is 32.1. The van der Waals surface area contributed by atoms with Crippen LogP contribution in [0.15, 0.2) is 24.3 Å². The van der Waals surface area contributed by atoms with E-state index in [2.05, 4.69) is 10.6 Å². The number of hydrogen-bond acceptors (Lipinski definition) is 7. The third-order valence-electron chi connectivity index (χ3n) is 4.65. The van der Waals surface area contributed by atoms with Gasteiger partial charge in [-0.25, -0.2) is 4.79 Å². The van der Waals surface area contributed by atoms with Gasteiger partial charge in [0.05, 0.1) is 29.8 Å². The molecule has 0 aliphatic carbocycles. The van der Waals surface area contributed by atoms with Crippen LogP contribution < -0.4 is 15.4 Å². The standard InChI is InChI=1S/C21H24N2O6S/c1-4-28-21(26)16-12(2)17(19(25)22-13-8-5-6-9-14(13)27-3)30-20(16)23-18(24)15-10-7-11-29-15/h5-6,8-9,15H,4,7,10-11H2,1-3H3,(H,22,25)(H,23,24). The lowest BCUT2D eigenvalue weighted by Crippen LogP contribution is -2.27. The summed E-state index contributed by atoms with van der Waals surface area (Å²) in [6, 6.07) is 7.01. The SMILES string of the molecule is CCOC(=O)c1c(NC(=O)C2CCCO2)sc(C(=O)Nc2ccccc2OC)c1C. The predicted octanol–water partition coefficient (Wildman–Crippen LogP) is 3.61. The van der Waals surface area contributed by atoms with Gasteiger partial charge in [0.25, 0.3) is 11.8 Å². The van der Waals surface area contributed by atoms with Crippen LogP contribution in [0.4, 0.5) is 10.7 Å². The summed E-state index contributed by atoms with van der Waals surface area (Å²) in [5, 5.41) is 5.81. The Morgan fingerprint density at radius 2 is 2.00 bits per heavy atom. The fourth-order valence-electron chi connectivity index (χ4n) is 3.17. The Labute approximate surface area is 178 Å². The maximum atomic E-state index is 12.9. The number of nitrogens with one attached hydrogen (secondary N) is 2. The van der Waals surface area contributed by atoms with Crippen LogP contribution >= 0.6 is 11.3 Å². The molecule has 1 aliphatic rings. The molecule has 30 heavy (non-hydrogen) atoms. The lowest BCUT2D eigenvalue weighted by atomic mass is 10.1. The summed E-state index contributed by atoms with van der Waals surface area (Å²) in [7, 11) is 1.51. The molecule has 0 spiro atoms. The van der Waals surface area contributed by atoms with Gasteiger partial charge in [-0.1, -0.05) is 12.1 Å². The number of amides is 2. The maximum absolute atomic E-state index is 12.9. The number of anilines is 2. The summed E-state index contributed by atoms with van der Waals surface area (Å²) in [6.45, 7) is 4.05. The zero-order valence-electron chi connectivity index (χ0n) is 17.1. The molecule has 8 nitrogen and oxygen atoms in total. The predicted molar refractivity (Wildman–Crippen MR) is 114 cm³/mol. The first-order chi connectivity index (χ1) is 14.5. The van der Waals surface area contributed by atoms with Crippen molar-refractivity contribution in [2.45, 2.75) is 32.8 Å². The fraction of sp³-hybridized carbons (Fsp3) is 0.381. The number of ether oxygens (including phenoxy) is 3. The number of methoxy groups -OCH3 is 1. The lowest BCUT2D eigenvalue weighted by molar-refractivity contribution is -0.124. The van der Waals surface area contributed by atoms with Gasteiger partial charge in [-0.2, -0.15) is 0 Å². The van der Waals surface area contributed by atoms with E-state index in [1.54, 1.807) is 38.1 Å². The van der Waals surface area contributed by atoms with Gasteiger partial charge in [-0.3, -0.25) is 9.59 Å². The van der Waals surface area contributed by atoms with Gasteiger partial charge >= 0.3 is 5.97 Å². The molecule has 1 fully saturated rings. The van der Waals surface area contributed by atoms with Crippen LogP contribution in [0.2, 0.25) is 0 Å². The molecule has 1 aromatic heterocycles. The van der Waals surface area contributed by atoms with Gasteiger partial charge in [0.2, 0.25) is 0 Å². The van der Waals surface area contributed by atoms with Crippen LogP contribution in [-0.4, -0.2) is 44.2 Å². The van der Waals surface area contributed by atoms with Gasteiger partial charge < -0.3 is 24.8 Å². The smallest absolute Gasteiger partial charge is 0.341 e. The highest BCUT2D eigenvalue weighted by Gasteiger charge is 2.30. The summed E-state index contributed by atoms with van der Waals surface area (Å²) in [5.74, 6) is -0.830. The number of rotatable bonds is 7. The third kappa shape index (κ3) is 4.63. The van der Waals surface area contributed by atoms with Crippen LogP contribution in [0.1, 0.15) is 45.4 Å². The molecule has 1 aromatic carbocycles. The molecule has 0 bridgehead atoms. The van der Waals surface area contributed by atoms with E-state index in [1.165, 1.54) is 7.11 Å². The Hall–Kier alpha value is -2.91. The molecular formula is C21H24N2O6S. The van der Waals surface area contributed by atoms with Gasteiger partial charge in [0.15, 0.2) is 0 Å². The quantitative estimate of drug-likeness (QED) is 0.648. The van der Waals surface area contributed by atoms with Crippen LogP contribution in [-0.2, 0) is 14.3 Å². The number of thiophene rings is 1. The van der Waals surface area contributed by atoms with Crippen molar-refractivity contribution in [3.63, 3.8) is 0 Å². The second-order valence-electron chi connectivity index (χ2n) is 6.63. The minimum absolute atomic E-state index is 0.177. The first-order valence-corrected chi connectivity index (χ1v) is 10.4. The van der Waals surface area contributed by atoms with E-state index >= 15 is 0 Å². The van der Waals surface area contributed by atoms with E-state index in [1.807, 2.05) is 0 Å².